The quantitative estimate of drug-likeness (QED) is 0.565. The molecule has 0 saturated heterocycles. The smallest absolute Gasteiger partial charge is 0.152 e. The maximum absolute atomic E-state index is 11.6. The molecule has 2 nitrogen and oxygen atoms in total. The van der Waals surface area contributed by atoms with Gasteiger partial charge in [-0.2, -0.15) is 0 Å². The molecule has 21 heavy (non-hydrogen) atoms. The Kier molecular flexibility index (Phi) is 8.07. The molecule has 0 N–H and O–H groups in total. The molecule has 0 radical (unpaired) electrons. The van der Waals surface area contributed by atoms with Gasteiger partial charge in [-0.15, -0.1) is 0 Å². The van der Waals surface area contributed by atoms with E-state index in [9.17, 15) is 8.42 Å². The minimum atomic E-state index is -2.87. The molecule has 0 aliphatic rings. The highest BCUT2D eigenvalue weighted by Crippen LogP contribution is 2.22. The molecule has 1 rings (SSSR count). The van der Waals surface area contributed by atoms with Crippen molar-refractivity contribution in [3.05, 3.63) is 33.8 Å². The number of sulfone groups is 1. The zero-order valence-electron chi connectivity index (χ0n) is 12.7. The monoisotopic (exact) mass is 350 g/mol. The van der Waals surface area contributed by atoms with Gasteiger partial charge in [0.05, 0.1) is 11.0 Å². The molecule has 0 aromatic heterocycles. The Morgan fingerprint density at radius 1 is 1.00 bits per heavy atom. The van der Waals surface area contributed by atoms with Gasteiger partial charge in [0.15, 0.2) is 9.84 Å². The second-order valence-corrected chi connectivity index (χ2v) is 9.19. The van der Waals surface area contributed by atoms with Gasteiger partial charge in [-0.05, 0) is 50.8 Å². The standard InChI is InChI=1S/C16H24Cl2O2S/c1-13(2)21(19,20)11-7-5-3-4-6-8-14-9-10-15(17)12-16(14)18/h9-10,12-13H,3-8,11H2,1-2H3. The van der Waals surface area contributed by atoms with Gasteiger partial charge >= 0.3 is 0 Å². The number of aryl methyl sites for hydroxylation is 1. The number of rotatable bonds is 9. The fraction of sp³-hybridized carbons (Fsp3) is 0.625. The van der Waals surface area contributed by atoms with Crippen LogP contribution in [0.4, 0.5) is 0 Å². The highest BCUT2D eigenvalue weighted by molar-refractivity contribution is 7.91. The predicted octanol–water partition coefficient (Wildman–Crippen LogP) is 5.31. The van der Waals surface area contributed by atoms with E-state index in [1.807, 2.05) is 12.1 Å². The normalized spacial score (nSPS) is 12.0. The van der Waals surface area contributed by atoms with Crippen molar-refractivity contribution in [1.29, 1.82) is 0 Å². The molecule has 0 atom stereocenters. The molecule has 0 amide bonds. The SMILES string of the molecule is CC(C)S(=O)(=O)CCCCCCCc1ccc(Cl)cc1Cl. The molecule has 0 aliphatic heterocycles. The van der Waals surface area contributed by atoms with E-state index in [1.54, 1.807) is 19.9 Å². The number of unbranched alkanes of at least 4 members (excludes halogenated alkanes) is 4. The molecule has 0 unspecified atom stereocenters. The fourth-order valence-corrected chi connectivity index (χ4v) is 3.69. The Bertz CT molecular complexity index is 539. The molecular weight excluding hydrogens is 327 g/mol. The summed E-state index contributed by atoms with van der Waals surface area (Å²) in [6.07, 6.45) is 5.92. The highest BCUT2D eigenvalue weighted by atomic mass is 35.5. The van der Waals surface area contributed by atoms with Crippen LogP contribution in [0, 0.1) is 0 Å². The molecule has 5 heteroatoms. The summed E-state index contributed by atoms with van der Waals surface area (Å²) in [6, 6.07) is 5.61. The third kappa shape index (κ3) is 7.03. The summed E-state index contributed by atoms with van der Waals surface area (Å²) in [7, 11) is -2.87. The molecule has 0 saturated carbocycles. The molecule has 0 aliphatic carbocycles. The average molecular weight is 351 g/mol. The summed E-state index contributed by atoms with van der Waals surface area (Å²) >= 11 is 12.0. The lowest BCUT2D eigenvalue weighted by Crippen LogP contribution is -2.17. The number of benzene rings is 1. The topological polar surface area (TPSA) is 34.1 Å². The van der Waals surface area contributed by atoms with Crippen LogP contribution in [0.1, 0.15) is 51.5 Å². The summed E-state index contributed by atoms with van der Waals surface area (Å²) in [4.78, 5) is 0. The van der Waals surface area contributed by atoms with Crippen molar-refractivity contribution in [3.63, 3.8) is 0 Å². The van der Waals surface area contributed by atoms with Crippen molar-refractivity contribution in [3.8, 4) is 0 Å². The molecule has 120 valence electrons. The third-order valence-corrected chi connectivity index (χ3v) is 6.49. The molecule has 1 aromatic carbocycles. The Balaban J connectivity index is 2.15. The second kappa shape index (κ2) is 9.02. The van der Waals surface area contributed by atoms with Crippen molar-refractivity contribution in [2.45, 2.75) is 57.6 Å². The molecule has 0 bridgehead atoms. The van der Waals surface area contributed by atoms with E-state index in [2.05, 4.69) is 0 Å². The molecule has 0 spiro atoms. The van der Waals surface area contributed by atoms with Gasteiger partial charge in [-0.1, -0.05) is 48.5 Å². The minimum Gasteiger partial charge on any atom is -0.229 e. The molecule has 0 fully saturated rings. The van der Waals surface area contributed by atoms with Crippen molar-refractivity contribution < 1.29 is 8.42 Å². The van der Waals surface area contributed by atoms with Crippen LogP contribution < -0.4 is 0 Å². The van der Waals surface area contributed by atoms with Crippen LogP contribution in [-0.4, -0.2) is 19.4 Å². The fourth-order valence-electron chi connectivity index (χ4n) is 2.11. The van der Waals surface area contributed by atoms with E-state index in [4.69, 9.17) is 23.2 Å². The molecule has 0 heterocycles. The van der Waals surface area contributed by atoms with Gasteiger partial charge in [-0.25, -0.2) is 8.42 Å². The van der Waals surface area contributed by atoms with Gasteiger partial charge in [-0.3, -0.25) is 0 Å². The predicted molar refractivity (Wildman–Crippen MR) is 92.2 cm³/mol. The van der Waals surface area contributed by atoms with Gasteiger partial charge in [0, 0.05) is 10.0 Å². The van der Waals surface area contributed by atoms with Gasteiger partial charge in [0.2, 0.25) is 0 Å². The van der Waals surface area contributed by atoms with E-state index in [0.717, 1.165) is 49.1 Å². The number of halogens is 2. The minimum absolute atomic E-state index is 0.260. The Hall–Kier alpha value is -0.250. The lowest BCUT2D eigenvalue weighted by Gasteiger charge is -2.07. The first-order chi connectivity index (χ1) is 9.83. The lowest BCUT2D eigenvalue weighted by atomic mass is 10.1. The lowest BCUT2D eigenvalue weighted by molar-refractivity contribution is 0.577. The third-order valence-electron chi connectivity index (χ3n) is 3.61. The summed E-state index contributed by atoms with van der Waals surface area (Å²) in [5.41, 5.74) is 1.13. The first kappa shape index (κ1) is 18.8. The summed E-state index contributed by atoms with van der Waals surface area (Å²) in [5.74, 6) is 0.313. The van der Waals surface area contributed by atoms with Crippen LogP contribution in [0.5, 0.6) is 0 Å². The van der Waals surface area contributed by atoms with Crippen LogP contribution in [-0.2, 0) is 16.3 Å². The Morgan fingerprint density at radius 3 is 2.24 bits per heavy atom. The van der Waals surface area contributed by atoms with Crippen LogP contribution in [0.15, 0.2) is 18.2 Å². The van der Waals surface area contributed by atoms with E-state index >= 15 is 0 Å². The summed E-state index contributed by atoms with van der Waals surface area (Å²) in [6.45, 7) is 3.48. The Labute approximate surface area is 138 Å². The maximum Gasteiger partial charge on any atom is 0.152 e. The van der Waals surface area contributed by atoms with Crippen LogP contribution in [0.25, 0.3) is 0 Å². The zero-order chi connectivity index (χ0) is 15.9. The average Bonchev–Trinajstić information content (AvgIpc) is 2.39. The van der Waals surface area contributed by atoms with Crippen molar-refractivity contribution in [2.24, 2.45) is 0 Å². The van der Waals surface area contributed by atoms with Gasteiger partial charge in [0.1, 0.15) is 0 Å². The van der Waals surface area contributed by atoms with Crippen LogP contribution >= 0.6 is 23.2 Å². The van der Waals surface area contributed by atoms with Crippen molar-refractivity contribution in [1.82, 2.24) is 0 Å². The number of hydrogen-bond donors (Lipinski definition) is 0. The largest absolute Gasteiger partial charge is 0.229 e. The Morgan fingerprint density at radius 2 is 1.62 bits per heavy atom. The molecule has 1 aromatic rings. The first-order valence-electron chi connectivity index (χ1n) is 7.48. The highest BCUT2D eigenvalue weighted by Gasteiger charge is 2.14. The van der Waals surface area contributed by atoms with E-state index in [0.29, 0.717) is 10.8 Å². The summed E-state index contributed by atoms with van der Waals surface area (Å²) in [5, 5.41) is 1.13. The second-order valence-electron chi connectivity index (χ2n) is 5.67. The summed E-state index contributed by atoms with van der Waals surface area (Å²) < 4.78 is 23.3. The van der Waals surface area contributed by atoms with Crippen molar-refractivity contribution in [2.75, 3.05) is 5.75 Å². The zero-order valence-corrected chi connectivity index (χ0v) is 15.1. The van der Waals surface area contributed by atoms with Gasteiger partial charge in [0.25, 0.3) is 0 Å². The van der Waals surface area contributed by atoms with Crippen LogP contribution in [0.3, 0.4) is 0 Å². The van der Waals surface area contributed by atoms with E-state index < -0.39 is 9.84 Å². The van der Waals surface area contributed by atoms with Crippen molar-refractivity contribution >= 4 is 33.0 Å². The van der Waals surface area contributed by atoms with E-state index in [-0.39, 0.29) is 5.25 Å². The van der Waals surface area contributed by atoms with E-state index in [1.165, 1.54) is 0 Å². The van der Waals surface area contributed by atoms with Crippen LogP contribution in [0.2, 0.25) is 10.0 Å². The van der Waals surface area contributed by atoms with Gasteiger partial charge < -0.3 is 0 Å². The first-order valence-corrected chi connectivity index (χ1v) is 9.95. The number of hydrogen-bond acceptors (Lipinski definition) is 2. The maximum atomic E-state index is 11.6. The molecular formula is C16H24Cl2O2S.